The number of carbonyl (C=O) groups excluding carboxylic acids is 1. The van der Waals surface area contributed by atoms with E-state index in [4.69, 9.17) is 23.2 Å². The van der Waals surface area contributed by atoms with Gasteiger partial charge in [0.05, 0.1) is 11.3 Å². The average molecular weight is 498 g/mol. The Morgan fingerprint density at radius 1 is 1.00 bits per heavy atom. The van der Waals surface area contributed by atoms with Crippen LogP contribution in [0, 0.1) is 0 Å². The number of rotatable bonds is 6. The number of sulfonamides is 1. The Kier molecular flexibility index (Phi) is 7.15. The number of halogens is 2. The van der Waals surface area contributed by atoms with Crippen LogP contribution in [0.1, 0.15) is 46.1 Å². The Morgan fingerprint density at radius 2 is 1.53 bits per heavy atom. The van der Waals surface area contributed by atoms with E-state index in [2.05, 4.69) is 43.1 Å². The van der Waals surface area contributed by atoms with Gasteiger partial charge in [0.15, 0.2) is 0 Å². The number of carbonyl (C=O) groups is 1. The topological polar surface area (TPSA) is 87.3 Å². The van der Waals surface area contributed by atoms with Gasteiger partial charge in [-0.15, -0.1) is 0 Å². The van der Waals surface area contributed by atoms with Gasteiger partial charge in [0.2, 0.25) is 5.91 Å². The second-order valence-electron chi connectivity index (χ2n) is 9.65. The van der Waals surface area contributed by atoms with Crippen LogP contribution in [0.4, 0.5) is 5.69 Å². The van der Waals surface area contributed by atoms with Crippen molar-refractivity contribution in [1.29, 1.82) is 0 Å². The highest BCUT2D eigenvalue weighted by Gasteiger charge is 2.38. The minimum Gasteiger partial charge on any atom is -0.353 e. The van der Waals surface area contributed by atoms with Gasteiger partial charge >= 0.3 is 0 Å². The first kappa shape index (κ1) is 24.8. The number of amides is 1. The maximum Gasteiger partial charge on any atom is 0.261 e. The molecule has 3 N–H and O–H groups in total. The van der Waals surface area contributed by atoms with Crippen LogP contribution in [0.3, 0.4) is 0 Å². The van der Waals surface area contributed by atoms with E-state index in [1.807, 2.05) is 0 Å². The lowest BCUT2D eigenvalue weighted by molar-refractivity contribution is -0.121. The number of benzene rings is 2. The molecule has 2 aromatic carbocycles. The van der Waals surface area contributed by atoms with E-state index in [0.717, 1.165) is 18.4 Å². The Balaban J connectivity index is 1.61. The SMILES string of the molecule is CC1(C)CC(NC(=O)Cc2ccc(NS(=O)(=O)c3cc(Cl)cc(Cl)c3)cc2)CC(C)(C)N1. The number of hydrogen-bond donors (Lipinski definition) is 3. The predicted octanol–water partition coefficient (Wildman–Crippen LogP) is 4.76. The molecule has 0 spiro atoms. The fraction of sp³-hybridized carbons (Fsp3) is 0.435. The summed E-state index contributed by atoms with van der Waals surface area (Å²) in [4.78, 5) is 12.6. The Labute approximate surface area is 200 Å². The van der Waals surface area contributed by atoms with Crippen LogP contribution in [0.25, 0.3) is 0 Å². The van der Waals surface area contributed by atoms with Gasteiger partial charge in [0.1, 0.15) is 0 Å². The van der Waals surface area contributed by atoms with Gasteiger partial charge in [-0.05, 0) is 76.4 Å². The summed E-state index contributed by atoms with van der Waals surface area (Å²) in [7, 11) is -3.84. The molecule has 3 rings (SSSR count). The maximum absolute atomic E-state index is 12.6. The smallest absolute Gasteiger partial charge is 0.261 e. The second-order valence-corrected chi connectivity index (χ2v) is 12.2. The summed E-state index contributed by atoms with van der Waals surface area (Å²) in [5, 5.41) is 7.23. The fourth-order valence-corrected chi connectivity index (χ4v) is 6.26. The van der Waals surface area contributed by atoms with Crippen molar-refractivity contribution in [2.24, 2.45) is 0 Å². The normalized spacial score (nSPS) is 18.2. The van der Waals surface area contributed by atoms with Crippen molar-refractivity contribution < 1.29 is 13.2 Å². The highest BCUT2D eigenvalue weighted by Crippen LogP contribution is 2.28. The molecule has 1 amide bonds. The first-order chi connectivity index (χ1) is 14.7. The first-order valence-corrected chi connectivity index (χ1v) is 12.6. The van der Waals surface area contributed by atoms with Gasteiger partial charge in [0.25, 0.3) is 10.0 Å². The third-order valence-corrected chi connectivity index (χ3v) is 7.07. The zero-order valence-electron chi connectivity index (χ0n) is 18.6. The van der Waals surface area contributed by atoms with Crippen molar-refractivity contribution in [3.8, 4) is 0 Å². The summed E-state index contributed by atoms with van der Waals surface area (Å²) in [6, 6.07) is 11.0. The van der Waals surface area contributed by atoms with Crippen LogP contribution in [0.5, 0.6) is 0 Å². The molecule has 32 heavy (non-hydrogen) atoms. The van der Waals surface area contributed by atoms with E-state index in [9.17, 15) is 13.2 Å². The molecule has 174 valence electrons. The predicted molar refractivity (Wildman–Crippen MR) is 130 cm³/mol. The average Bonchev–Trinajstić information content (AvgIpc) is 2.59. The number of piperidine rings is 1. The number of nitrogens with one attached hydrogen (secondary N) is 3. The first-order valence-electron chi connectivity index (χ1n) is 10.4. The van der Waals surface area contributed by atoms with Crippen molar-refractivity contribution >= 4 is 44.8 Å². The van der Waals surface area contributed by atoms with Gasteiger partial charge in [-0.25, -0.2) is 8.42 Å². The van der Waals surface area contributed by atoms with Crippen molar-refractivity contribution in [2.75, 3.05) is 4.72 Å². The molecule has 1 aliphatic heterocycles. The highest BCUT2D eigenvalue weighted by molar-refractivity contribution is 7.92. The Hall–Kier alpha value is -1.80. The van der Waals surface area contributed by atoms with Gasteiger partial charge in [-0.1, -0.05) is 35.3 Å². The zero-order valence-corrected chi connectivity index (χ0v) is 21.0. The molecule has 0 atom stereocenters. The Morgan fingerprint density at radius 3 is 2.06 bits per heavy atom. The molecular weight excluding hydrogens is 469 g/mol. The molecular formula is C23H29Cl2N3O3S. The van der Waals surface area contributed by atoms with E-state index in [1.165, 1.54) is 18.2 Å². The van der Waals surface area contributed by atoms with Gasteiger partial charge in [-0.2, -0.15) is 0 Å². The van der Waals surface area contributed by atoms with Crippen LogP contribution in [0.15, 0.2) is 47.4 Å². The lowest BCUT2D eigenvalue weighted by Crippen LogP contribution is -2.62. The van der Waals surface area contributed by atoms with Crippen molar-refractivity contribution in [3.05, 3.63) is 58.1 Å². The summed E-state index contributed by atoms with van der Waals surface area (Å²) in [5.74, 6) is -0.0506. The van der Waals surface area contributed by atoms with E-state index in [-0.39, 0.29) is 44.4 Å². The molecule has 9 heteroatoms. The van der Waals surface area contributed by atoms with Gasteiger partial charge in [0, 0.05) is 32.9 Å². The molecule has 1 fully saturated rings. The summed E-state index contributed by atoms with van der Waals surface area (Å²) >= 11 is 11.8. The molecule has 2 aromatic rings. The second kappa shape index (κ2) is 9.21. The summed E-state index contributed by atoms with van der Waals surface area (Å²) in [5.41, 5.74) is 1.08. The molecule has 6 nitrogen and oxygen atoms in total. The quantitative estimate of drug-likeness (QED) is 0.536. The third kappa shape index (κ3) is 6.85. The number of hydrogen-bond acceptors (Lipinski definition) is 4. The molecule has 0 bridgehead atoms. The molecule has 1 aliphatic rings. The largest absolute Gasteiger partial charge is 0.353 e. The molecule has 0 unspecified atom stereocenters. The molecule has 0 saturated carbocycles. The van der Waals surface area contributed by atoms with E-state index in [1.54, 1.807) is 24.3 Å². The fourth-order valence-electron chi connectivity index (χ4n) is 4.48. The monoisotopic (exact) mass is 497 g/mol. The lowest BCUT2D eigenvalue weighted by Gasteiger charge is -2.46. The summed E-state index contributed by atoms with van der Waals surface area (Å²) < 4.78 is 27.7. The highest BCUT2D eigenvalue weighted by atomic mass is 35.5. The molecule has 0 radical (unpaired) electrons. The van der Waals surface area contributed by atoms with E-state index in [0.29, 0.717) is 5.69 Å². The Bertz CT molecular complexity index is 1060. The van der Waals surface area contributed by atoms with Crippen LogP contribution in [0.2, 0.25) is 10.0 Å². The molecule has 1 heterocycles. The molecule has 0 aromatic heterocycles. The summed E-state index contributed by atoms with van der Waals surface area (Å²) in [6.07, 6.45) is 1.94. The maximum atomic E-state index is 12.6. The standard InChI is InChI=1S/C23H29Cl2N3O3S/c1-22(2)13-19(14-23(3,4)28-22)26-21(29)9-15-5-7-18(8-6-15)27-32(30,31)20-11-16(24)10-17(25)12-20/h5-8,10-12,19,27-28H,9,13-14H2,1-4H3,(H,26,29). The minimum atomic E-state index is -3.84. The van der Waals surface area contributed by atoms with Crippen LogP contribution >= 0.6 is 23.2 Å². The molecule has 0 aliphatic carbocycles. The van der Waals surface area contributed by atoms with Crippen molar-refractivity contribution in [3.63, 3.8) is 0 Å². The lowest BCUT2D eigenvalue weighted by atomic mass is 9.79. The molecule has 1 saturated heterocycles. The third-order valence-electron chi connectivity index (χ3n) is 5.27. The van der Waals surface area contributed by atoms with E-state index < -0.39 is 10.0 Å². The van der Waals surface area contributed by atoms with Gasteiger partial charge < -0.3 is 10.6 Å². The summed E-state index contributed by atoms with van der Waals surface area (Å²) in [6.45, 7) is 8.57. The zero-order chi connectivity index (χ0) is 23.7. The van der Waals surface area contributed by atoms with Crippen molar-refractivity contribution in [1.82, 2.24) is 10.6 Å². The van der Waals surface area contributed by atoms with Crippen LogP contribution in [-0.2, 0) is 21.2 Å². The van der Waals surface area contributed by atoms with Gasteiger partial charge in [-0.3, -0.25) is 9.52 Å². The van der Waals surface area contributed by atoms with Crippen LogP contribution < -0.4 is 15.4 Å². The van der Waals surface area contributed by atoms with E-state index >= 15 is 0 Å². The van der Waals surface area contributed by atoms with Crippen LogP contribution in [-0.4, -0.2) is 31.4 Å². The minimum absolute atomic E-state index is 0.0220. The van der Waals surface area contributed by atoms with Crippen molar-refractivity contribution in [2.45, 2.75) is 69.0 Å². The number of anilines is 1.